The van der Waals surface area contributed by atoms with Crippen LogP contribution in [0.15, 0.2) is 23.3 Å². The Labute approximate surface area is 427 Å². The molecular weight excluding hydrogens is 933 g/mol. The molecule has 0 spiro atoms. The van der Waals surface area contributed by atoms with E-state index in [4.69, 9.17) is 61.6 Å². The number of Topliss-reactive ketones (excluding diaryl/α,β-unsaturated/α-hetero) is 1. The molecule has 3 saturated carbocycles. The fourth-order valence-corrected chi connectivity index (χ4v) is 14.6. The molecule has 8 aliphatic rings. The molecule has 0 aromatic carbocycles. The highest BCUT2D eigenvalue weighted by Gasteiger charge is 2.71. The van der Waals surface area contributed by atoms with Crippen molar-refractivity contribution in [2.75, 3.05) is 28.4 Å². The van der Waals surface area contributed by atoms with Gasteiger partial charge in [-0.3, -0.25) is 9.59 Å². The molecule has 72 heavy (non-hydrogen) atoms. The number of carbonyl (C=O) groups is 2. The summed E-state index contributed by atoms with van der Waals surface area (Å²) in [5.41, 5.74) is 0.117. The van der Waals surface area contributed by atoms with Gasteiger partial charge in [0.15, 0.2) is 25.2 Å². The Morgan fingerprint density at radius 2 is 1.15 bits per heavy atom. The predicted molar refractivity (Wildman–Crippen MR) is 261 cm³/mol. The van der Waals surface area contributed by atoms with E-state index in [1.165, 1.54) is 5.57 Å². The molecule has 0 radical (unpaired) electrons. The largest absolute Gasteiger partial charge is 0.461 e. The van der Waals surface area contributed by atoms with Gasteiger partial charge < -0.3 is 71.8 Å². The van der Waals surface area contributed by atoms with E-state index >= 15 is 0 Å². The van der Waals surface area contributed by atoms with Gasteiger partial charge in [-0.2, -0.15) is 0 Å². The molecule has 0 aromatic rings. The number of esters is 1. The molecule has 24 atom stereocenters. The van der Waals surface area contributed by atoms with E-state index in [9.17, 15) is 19.8 Å². The molecule has 17 nitrogen and oxygen atoms in total. The summed E-state index contributed by atoms with van der Waals surface area (Å²) >= 11 is 0. The minimum absolute atomic E-state index is 0.0483. The zero-order chi connectivity index (χ0) is 52.0. The Kier molecular flexibility index (Phi) is 17.9. The third-order valence-corrected chi connectivity index (χ3v) is 18.7. The minimum atomic E-state index is -1.14. The highest BCUT2D eigenvalue weighted by atomic mass is 16.8. The first-order valence-corrected chi connectivity index (χ1v) is 27.0. The summed E-state index contributed by atoms with van der Waals surface area (Å²) in [4.78, 5) is 26.5. The fourth-order valence-electron chi connectivity index (χ4n) is 14.6. The number of rotatable bonds is 16. The van der Waals surface area contributed by atoms with Crippen LogP contribution in [0.2, 0.25) is 0 Å². The number of aliphatic hydroxyl groups excluding tert-OH is 1. The molecule has 4 saturated heterocycles. The zero-order valence-electron chi connectivity index (χ0n) is 45.3. The third-order valence-electron chi connectivity index (χ3n) is 18.7. The number of ketones is 1. The monoisotopic (exact) mass is 1020 g/mol. The molecule has 0 aromatic heterocycles. The summed E-state index contributed by atoms with van der Waals surface area (Å²) in [5, 5.41) is 23.3. The van der Waals surface area contributed by atoms with Gasteiger partial charge in [0.1, 0.15) is 36.3 Å². The first kappa shape index (κ1) is 56.3. The standard InChI is InChI=1S/C55H88O17/c1-28(2)14-17-44(57)69-43-23-38-37(55(59)21-19-36(29(3)56)54(43,55)9)16-15-34-22-35(18-20-53(34,38)8)68-45-25-40(61-11)50(31(5)65-45)71-47-27-42(63-13)52(33(7)67-47)72-48-26-41(62-12)51(32(6)66-48)70-46-24-39(60-10)49(58)30(4)64-46/h14-15,30-33,35-43,45-52,58-59H,16-27H2,1-13H3/t30-,31-,32-,33-,35+,36+,37-,38+,39-,40+,41-,42-,43-,45+,46+,47+,48+,49-,50-,51-,52-,53+,54+,55+/m1/s1. The number of allylic oxidation sites excluding steroid dienone is 2. The molecule has 2 N–H and O–H groups in total. The van der Waals surface area contributed by atoms with Crippen molar-refractivity contribution in [2.24, 2.45) is 28.6 Å². The van der Waals surface area contributed by atoms with E-state index in [0.29, 0.717) is 51.4 Å². The summed E-state index contributed by atoms with van der Waals surface area (Å²) in [6.07, 6.45) is 2.63. The molecular formula is C55H88O17. The molecule has 410 valence electrons. The topological polar surface area (TPSA) is 195 Å². The number of methoxy groups -OCH3 is 4. The first-order chi connectivity index (χ1) is 34.2. The van der Waals surface area contributed by atoms with Gasteiger partial charge >= 0.3 is 5.97 Å². The molecule has 4 heterocycles. The van der Waals surface area contributed by atoms with Crippen LogP contribution < -0.4 is 0 Å². The number of hydrogen-bond acceptors (Lipinski definition) is 17. The maximum Gasteiger partial charge on any atom is 0.309 e. The van der Waals surface area contributed by atoms with E-state index in [0.717, 1.165) is 24.8 Å². The van der Waals surface area contributed by atoms with Gasteiger partial charge in [0.05, 0.1) is 67.0 Å². The lowest BCUT2D eigenvalue weighted by Crippen LogP contribution is -2.66. The molecule has 4 aliphatic carbocycles. The van der Waals surface area contributed by atoms with Crippen LogP contribution in [0.25, 0.3) is 0 Å². The Hall–Kier alpha value is -1.94. The highest BCUT2D eigenvalue weighted by Crippen LogP contribution is 2.68. The minimum Gasteiger partial charge on any atom is -0.461 e. The smallest absolute Gasteiger partial charge is 0.309 e. The van der Waals surface area contributed by atoms with Crippen molar-refractivity contribution in [2.45, 2.75) is 256 Å². The second kappa shape index (κ2) is 23.0. The zero-order valence-corrected chi connectivity index (χ0v) is 45.3. The second-order valence-electron chi connectivity index (χ2n) is 23.1. The maximum absolute atomic E-state index is 13.4. The molecule has 17 heteroatoms. The van der Waals surface area contributed by atoms with Crippen LogP contribution in [-0.4, -0.2) is 167 Å². The first-order valence-electron chi connectivity index (χ1n) is 27.0. The van der Waals surface area contributed by atoms with Crippen LogP contribution in [0, 0.1) is 28.6 Å². The van der Waals surface area contributed by atoms with Crippen LogP contribution in [0.4, 0.5) is 0 Å². The van der Waals surface area contributed by atoms with E-state index in [1.807, 2.05) is 47.6 Å². The van der Waals surface area contributed by atoms with Gasteiger partial charge in [0.25, 0.3) is 0 Å². The average molecular weight is 1020 g/mol. The number of ether oxygens (including phenoxy) is 13. The molecule has 0 amide bonds. The van der Waals surface area contributed by atoms with Crippen molar-refractivity contribution in [1.29, 1.82) is 0 Å². The molecule has 0 bridgehead atoms. The van der Waals surface area contributed by atoms with Crippen molar-refractivity contribution in [1.82, 2.24) is 0 Å². The van der Waals surface area contributed by atoms with Crippen molar-refractivity contribution in [3.63, 3.8) is 0 Å². The number of fused-ring (bicyclic) bond motifs is 5. The van der Waals surface area contributed by atoms with Crippen molar-refractivity contribution in [3.05, 3.63) is 23.3 Å². The fraction of sp³-hybridized carbons (Fsp3) is 0.891. The lowest BCUT2D eigenvalue weighted by atomic mass is 9.45. The Morgan fingerprint density at radius 1 is 0.667 bits per heavy atom. The van der Waals surface area contributed by atoms with Crippen LogP contribution in [-0.2, 0) is 71.2 Å². The van der Waals surface area contributed by atoms with Crippen LogP contribution in [0.3, 0.4) is 0 Å². The number of hydrogen-bond donors (Lipinski definition) is 2. The molecule has 7 fully saturated rings. The van der Waals surface area contributed by atoms with Gasteiger partial charge in [-0.25, -0.2) is 0 Å². The van der Waals surface area contributed by atoms with E-state index < -0.39 is 91.1 Å². The van der Waals surface area contributed by atoms with E-state index in [-0.39, 0.29) is 71.9 Å². The van der Waals surface area contributed by atoms with E-state index in [2.05, 4.69) is 13.0 Å². The van der Waals surface area contributed by atoms with Gasteiger partial charge in [-0.15, -0.1) is 0 Å². The summed E-state index contributed by atoms with van der Waals surface area (Å²) in [6, 6.07) is 0. The van der Waals surface area contributed by atoms with Gasteiger partial charge in [0, 0.05) is 65.5 Å². The van der Waals surface area contributed by atoms with Crippen molar-refractivity contribution >= 4 is 11.8 Å². The Balaban J connectivity index is 0.854. The Morgan fingerprint density at radius 3 is 1.64 bits per heavy atom. The van der Waals surface area contributed by atoms with Gasteiger partial charge in [0.2, 0.25) is 0 Å². The van der Waals surface area contributed by atoms with E-state index in [1.54, 1.807) is 42.3 Å². The second-order valence-corrected chi connectivity index (χ2v) is 23.1. The summed E-state index contributed by atoms with van der Waals surface area (Å²) in [6.45, 7) is 17.5. The third kappa shape index (κ3) is 11.0. The van der Waals surface area contributed by atoms with Gasteiger partial charge in [-0.05, 0) is 111 Å². The molecule has 4 aliphatic heterocycles. The summed E-state index contributed by atoms with van der Waals surface area (Å²) in [7, 11) is 6.57. The SMILES string of the molecule is CO[C@H]1C[C@H](O[C@H]2CC[C@@]3(C)C(=CC[C@@H]4[C@@H]3C[C@@H](OC(=O)CC=C(C)C)[C@]3(C)[C@H](C(C)=O)CC[C@]43O)C2)O[C@H](C)[C@H]1O[C@H]1C[C@@H](OC)[C@H](O[C@H]2C[C@@H](OC)[C@H](O[C@H]3C[C@@H](OC)[C@H](O)[C@@H](C)O3)[C@@H](C)O2)[C@@H](C)O1. The van der Waals surface area contributed by atoms with Gasteiger partial charge in [-0.1, -0.05) is 37.1 Å². The van der Waals surface area contributed by atoms with Crippen molar-refractivity contribution < 1.29 is 81.4 Å². The van der Waals surface area contributed by atoms with Crippen LogP contribution in [0.1, 0.15) is 139 Å². The maximum atomic E-state index is 13.4. The van der Waals surface area contributed by atoms with Crippen LogP contribution in [0.5, 0.6) is 0 Å². The summed E-state index contributed by atoms with van der Waals surface area (Å²) < 4.78 is 81.9. The Bertz CT molecular complexity index is 1930. The normalized spacial score (nSPS) is 48.4. The molecule has 0 unspecified atom stereocenters. The number of carbonyl (C=O) groups excluding carboxylic acids is 2. The van der Waals surface area contributed by atoms with Crippen LogP contribution >= 0.6 is 0 Å². The summed E-state index contributed by atoms with van der Waals surface area (Å²) in [5.74, 6) is -0.620. The van der Waals surface area contributed by atoms with Crippen molar-refractivity contribution in [3.8, 4) is 0 Å². The average Bonchev–Trinajstić information content (AvgIpc) is 3.63. The quantitative estimate of drug-likeness (QED) is 0.123. The highest BCUT2D eigenvalue weighted by molar-refractivity contribution is 5.80. The lowest BCUT2D eigenvalue weighted by Gasteiger charge is -2.63. The lowest BCUT2D eigenvalue weighted by molar-refractivity contribution is -0.347. The number of aliphatic hydroxyl groups is 2. The predicted octanol–water partition coefficient (Wildman–Crippen LogP) is 6.65. The molecule has 8 rings (SSSR count).